The van der Waals surface area contributed by atoms with Crippen molar-refractivity contribution in [2.45, 2.75) is 27.7 Å². The molecule has 18 heavy (non-hydrogen) atoms. The van der Waals surface area contributed by atoms with Gasteiger partial charge in [-0.1, -0.05) is 29.3 Å². The largest absolute Gasteiger partial charge is 0.507 e. The molecule has 0 bridgehead atoms. The molecule has 2 nitrogen and oxygen atoms in total. The SMILES string of the molecule is Cc1cc(C)cc(-c2cc(C)c(O)c(C)c2O)c1. The van der Waals surface area contributed by atoms with Crippen LogP contribution in [0.15, 0.2) is 24.3 Å². The molecular weight excluding hydrogens is 224 g/mol. The van der Waals surface area contributed by atoms with E-state index in [2.05, 4.69) is 6.07 Å². The van der Waals surface area contributed by atoms with Crippen LogP contribution in [0.5, 0.6) is 11.5 Å². The van der Waals surface area contributed by atoms with Crippen LogP contribution in [0.2, 0.25) is 0 Å². The number of phenolic OH excluding ortho intramolecular Hbond substituents is 2. The van der Waals surface area contributed by atoms with Gasteiger partial charge < -0.3 is 10.2 Å². The fourth-order valence-corrected chi connectivity index (χ4v) is 2.31. The molecule has 0 aromatic heterocycles. The zero-order valence-electron chi connectivity index (χ0n) is 11.2. The number of phenols is 2. The van der Waals surface area contributed by atoms with Crippen molar-refractivity contribution in [2.75, 3.05) is 0 Å². The first-order chi connectivity index (χ1) is 8.40. The summed E-state index contributed by atoms with van der Waals surface area (Å²) in [7, 11) is 0. The minimum atomic E-state index is 0.156. The van der Waals surface area contributed by atoms with Crippen LogP contribution in [0.4, 0.5) is 0 Å². The number of hydrogen-bond acceptors (Lipinski definition) is 2. The van der Waals surface area contributed by atoms with Gasteiger partial charge >= 0.3 is 0 Å². The predicted molar refractivity (Wildman–Crippen MR) is 74.2 cm³/mol. The molecule has 2 aromatic carbocycles. The third kappa shape index (κ3) is 2.06. The highest BCUT2D eigenvalue weighted by Gasteiger charge is 2.13. The molecule has 2 rings (SSSR count). The highest BCUT2D eigenvalue weighted by atomic mass is 16.3. The summed E-state index contributed by atoms with van der Waals surface area (Å²) in [4.78, 5) is 0. The van der Waals surface area contributed by atoms with Crippen LogP contribution in [-0.4, -0.2) is 10.2 Å². The van der Waals surface area contributed by atoms with Crippen molar-refractivity contribution in [1.82, 2.24) is 0 Å². The summed E-state index contributed by atoms with van der Waals surface area (Å²) < 4.78 is 0. The van der Waals surface area contributed by atoms with E-state index in [4.69, 9.17) is 0 Å². The number of aryl methyl sites for hydroxylation is 3. The Morgan fingerprint density at radius 3 is 1.83 bits per heavy atom. The van der Waals surface area contributed by atoms with E-state index in [9.17, 15) is 10.2 Å². The van der Waals surface area contributed by atoms with Crippen molar-refractivity contribution in [3.8, 4) is 22.6 Å². The maximum absolute atomic E-state index is 10.2. The van der Waals surface area contributed by atoms with Crippen molar-refractivity contribution in [3.63, 3.8) is 0 Å². The van der Waals surface area contributed by atoms with E-state index in [0.29, 0.717) is 5.56 Å². The van der Waals surface area contributed by atoms with Crippen molar-refractivity contribution < 1.29 is 10.2 Å². The molecule has 0 heterocycles. The van der Waals surface area contributed by atoms with Gasteiger partial charge in [-0.3, -0.25) is 0 Å². The molecule has 0 aliphatic heterocycles. The highest BCUT2D eigenvalue weighted by Crippen LogP contribution is 2.39. The molecule has 0 saturated heterocycles. The maximum Gasteiger partial charge on any atom is 0.130 e. The van der Waals surface area contributed by atoms with Gasteiger partial charge in [0.25, 0.3) is 0 Å². The lowest BCUT2D eigenvalue weighted by Gasteiger charge is -2.13. The van der Waals surface area contributed by atoms with Crippen molar-refractivity contribution >= 4 is 0 Å². The molecule has 0 aliphatic carbocycles. The van der Waals surface area contributed by atoms with Gasteiger partial charge in [-0.2, -0.15) is 0 Å². The molecule has 0 aliphatic rings. The average molecular weight is 242 g/mol. The molecule has 0 saturated carbocycles. The third-order valence-corrected chi connectivity index (χ3v) is 3.23. The van der Waals surface area contributed by atoms with E-state index >= 15 is 0 Å². The van der Waals surface area contributed by atoms with E-state index in [1.807, 2.05) is 39.0 Å². The molecule has 2 N–H and O–H groups in total. The zero-order chi connectivity index (χ0) is 13.4. The van der Waals surface area contributed by atoms with E-state index in [-0.39, 0.29) is 11.5 Å². The first-order valence-corrected chi connectivity index (χ1v) is 6.01. The smallest absolute Gasteiger partial charge is 0.130 e. The summed E-state index contributed by atoms with van der Waals surface area (Å²) in [5, 5.41) is 20.0. The average Bonchev–Trinajstić information content (AvgIpc) is 2.30. The Labute approximate surface area is 108 Å². The first kappa shape index (κ1) is 12.5. The van der Waals surface area contributed by atoms with E-state index in [1.54, 1.807) is 6.92 Å². The quantitative estimate of drug-likeness (QED) is 0.793. The minimum absolute atomic E-state index is 0.156. The summed E-state index contributed by atoms with van der Waals surface area (Å²) in [5.41, 5.74) is 5.38. The molecule has 0 atom stereocenters. The van der Waals surface area contributed by atoms with Gasteiger partial charge in [-0.05, 0) is 44.9 Å². The number of hydrogen-bond donors (Lipinski definition) is 2. The van der Waals surface area contributed by atoms with E-state index in [1.165, 1.54) is 0 Å². The molecular formula is C16H18O2. The summed E-state index contributed by atoms with van der Waals surface area (Å²) in [6.07, 6.45) is 0. The second-order valence-electron chi connectivity index (χ2n) is 4.94. The fraction of sp³-hybridized carbons (Fsp3) is 0.250. The number of aromatic hydroxyl groups is 2. The van der Waals surface area contributed by atoms with Crippen LogP contribution < -0.4 is 0 Å². The van der Waals surface area contributed by atoms with Crippen LogP contribution in [-0.2, 0) is 0 Å². The third-order valence-electron chi connectivity index (χ3n) is 3.23. The van der Waals surface area contributed by atoms with Gasteiger partial charge in [-0.15, -0.1) is 0 Å². The second kappa shape index (κ2) is 4.37. The van der Waals surface area contributed by atoms with E-state index in [0.717, 1.165) is 27.8 Å². The van der Waals surface area contributed by atoms with Crippen LogP contribution >= 0.6 is 0 Å². The lowest BCUT2D eigenvalue weighted by atomic mass is 9.96. The van der Waals surface area contributed by atoms with Gasteiger partial charge in [0.15, 0.2) is 0 Å². The molecule has 2 heteroatoms. The number of rotatable bonds is 1. The van der Waals surface area contributed by atoms with Crippen molar-refractivity contribution in [2.24, 2.45) is 0 Å². The Morgan fingerprint density at radius 1 is 0.722 bits per heavy atom. The lowest BCUT2D eigenvalue weighted by Crippen LogP contribution is -1.89. The highest BCUT2D eigenvalue weighted by molar-refractivity contribution is 5.75. The van der Waals surface area contributed by atoms with Gasteiger partial charge in [-0.25, -0.2) is 0 Å². The van der Waals surface area contributed by atoms with Gasteiger partial charge in [0.05, 0.1) is 0 Å². The van der Waals surface area contributed by atoms with Crippen LogP contribution in [0.3, 0.4) is 0 Å². The Morgan fingerprint density at radius 2 is 1.28 bits per heavy atom. The predicted octanol–water partition coefficient (Wildman–Crippen LogP) is 4.00. The van der Waals surface area contributed by atoms with Crippen LogP contribution in [0.1, 0.15) is 22.3 Å². The normalized spacial score (nSPS) is 10.7. The Balaban J connectivity index is 2.71. The van der Waals surface area contributed by atoms with Crippen LogP contribution in [0, 0.1) is 27.7 Å². The van der Waals surface area contributed by atoms with E-state index < -0.39 is 0 Å². The van der Waals surface area contributed by atoms with Gasteiger partial charge in [0.2, 0.25) is 0 Å². The zero-order valence-corrected chi connectivity index (χ0v) is 11.2. The fourth-order valence-electron chi connectivity index (χ4n) is 2.31. The Bertz CT molecular complexity index is 593. The maximum atomic E-state index is 10.2. The molecule has 0 fully saturated rings. The van der Waals surface area contributed by atoms with Gasteiger partial charge in [0.1, 0.15) is 11.5 Å². The molecule has 0 spiro atoms. The Hall–Kier alpha value is -1.96. The standard InChI is InChI=1S/C16H18O2/c1-9-5-10(2)7-13(6-9)14-8-11(3)15(17)12(4)16(14)18/h5-8,17-18H,1-4H3. The van der Waals surface area contributed by atoms with Gasteiger partial charge in [0, 0.05) is 11.1 Å². The molecule has 2 aromatic rings. The number of benzene rings is 2. The van der Waals surface area contributed by atoms with Crippen molar-refractivity contribution in [3.05, 3.63) is 46.5 Å². The topological polar surface area (TPSA) is 40.5 Å². The molecule has 0 radical (unpaired) electrons. The minimum Gasteiger partial charge on any atom is -0.507 e. The Kier molecular flexibility index (Phi) is 3.04. The van der Waals surface area contributed by atoms with Crippen molar-refractivity contribution in [1.29, 1.82) is 0 Å². The summed E-state index contributed by atoms with van der Waals surface area (Å²) in [6, 6.07) is 8.00. The monoisotopic (exact) mass is 242 g/mol. The molecule has 0 unspecified atom stereocenters. The molecule has 0 amide bonds. The second-order valence-corrected chi connectivity index (χ2v) is 4.94. The first-order valence-electron chi connectivity index (χ1n) is 6.01. The lowest BCUT2D eigenvalue weighted by molar-refractivity contribution is 0.442. The summed E-state index contributed by atoms with van der Waals surface area (Å²) in [5.74, 6) is 0.323. The summed E-state index contributed by atoms with van der Waals surface area (Å²) >= 11 is 0. The summed E-state index contributed by atoms with van der Waals surface area (Å²) in [6.45, 7) is 7.64. The molecule has 94 valence electrons. The van der Waals surface area contributed by atoms with Crippen LogP contribution in [0.25, 0.3) is 11.1 Å².